The van der Waals surface area contributed by atoms with Gasteiger partial charge in [-0.1, -0.05) is 24.0 Å². The Labute approximate surface area is 135 Å². The Morgan fingerprint density at radius 3 is 2.04 bits per heavy atom. The van der Waals surface area contributed by atoms with E-state index in [0.29, 0.717) is 12.0 Å². The number of rotatable bonds is 4. The molecule has 4 heteroatoms. The van der Waals surface area contributed by atoms with E-state index < -0.39 is 6.10 Å². The number of aliphatic hydroxyl groups excluding tert-OH is 2. The largest absolute Gasteiger partial charge is 0.396 e. The zero-order valence-electron chi connectivity index (χ0n) is 12.9. The number of carbonyl (C=O) groups excluding carboxylic acids is 1. The molecule has 4 nitrogen and oxygen atoms in total. The van der Waals surface area contributed by atoms with Crippen molar-refractivity contribution in [1.82, 2.24) is 5.32 Å². The summed E-state index contributed by atoms with van der Waals surface area (Å²) in [6, 6.07) is 14.4. The van der Waals surface area contributed by atoms with Gasteiger partial charge in [0.2, 0.25) is 0 Å². The molecule has 23 heavy (non-hydrogen) atoms. The quantitative estimate of drug-likeness (QED) is 0.755. The van der Waals surface area contributed by atoms with Crippen LogP contribution in [0.15, 0.2) is 48.5 Å². The molecule has 1 atom stereocenters. The molecule has 0 aliphatic carbocycles. The van der Waals surface area contributed by atoms with Gasteiger partial charge in [-0.3, -0.25) is 4.79 Å². The van der Waals surface area contributed by atoms with Gasteiger partial charge in [0.15, 0.2) is 0 Å². The Balaban J connectivity index is 2.08. The highest BCUT2D eigenvalue weighted by molar-refractivity contribution is 5.94. The molecule has 2 aromatic rings. The first-order valence-electron chi connectivity index (χ1n) is 7.37. The summed E-state index contributed by atoms with van der Waals surface area (Å²) in [5, 5.41) is 21.2. The normalized spacial score (nSPS) is 11.3. The Kier molecular flexibility index (Phi) is 5.93. The minimum atomic E-state index is -0.653. The lowest BCUT2D eigenvalue weighted by atomic mass is 10.0. The van der Waals surface area contributed by atoms with Crippen LogP contribution in [0.5, 0.6) is 0 Å². The molecule has 0 radical (unpaired) electrons. The highest BCUT2D eigenvalue weighted by Crippen LogP contribution is 2.16. The highest BCUT2D eigenvalue weighted by atomic mass is 16.3. The van der Waals surface area contributed by atoms with E-state index in [1.807, 2.05) is 12.1 Å². The predicted octanol–water partition coefficient (Wildman–Crippen LogP) is 1.86. The van der Waals surface area contributed by atoms with Crippen LogP contribution in [-0.4, -0.2) is 29.8 Å². The van der Waals surface area contributed by atoms with Gasteiger partial charge in [-0.15, -0.1) is 0 Å². The molecule has 0 saturated heterocycles. The monoisotopic (exact) mass is 309 g/mol. The van der Waals surface area contributed by atoms with Gasteiger partial charge in [0, 0.05) is 36.8 Å². The van der Waals surface area contributed by atoms with E-state index in [2.05, 4.69) is 17.2 Å². The Hall–Kier alpha value is -2.61. The van der Waals surface area contributed by atoms with Crippen molar-refractivity contribution in [3.8, 4) is 11.8 Å². The standard InChI is InChI=1S/C19H19NO3/c1-20-19(23)17-10-6-15(7-11-17)3-2-14-4-8-16(9-5-14)18(22)12-13-21/h4-11,18,21-22H,12-13H2,1H3,(H,20,23)/t18-/m1/s1. The van der Waals surface area contributed by atoms with Crippen LogP contribution in [0.1, 0.15) is 39.6 Å². The fourth-order valence-electron chi connectivity index (χ4n) is 2.07. The summed E-state index contributed by atoms with van der Waals surface area (Å²) in [6.07, 6.45) is -0.331. The van der Waals surface area contributed by atoms with E-state index in [1.165, 1.54) is 0 Å². The van der Waals surface area contributed by atoms with Crippen LogP contribution in [0.4, 0.5) is 0 Å². The maximum Gasteiger partial charge on any atom is 0.251 e. The smallest absolute Gasteiger partial charge is 0.251 e. The minimum Gasteiger partial charge on any atom is -0.396 e. The Bertz CT molecular complexity index is 709. The van der Waals surface area contributed by atoms with Gasteiger partial charge in [-0.05, 0) is 42.0 Å². The third-order valence-corrected chi connectivity index (χ3v) is 3.42. The maximum absolute atomic E-state index is 11.5. The van der Waals surface area contributed by atoms with Crippen molar-refractivity contribution in [1.29, 1.82) is 0 Å². The molecule has 1 amide bonds. The molecule has 2 aromatic carbocycles. The van der Waals surface area contributed by atoms with Gasteiger partial charge in [-0.2, -0.15) is 0 Å². The number of nitrogens with one attached hydrogen (secondary N) is 1. The van der Waals surface area contributed by atoms with Gasteiger partial charge >= 0.3 is 0 Å². The lowest BCUT2D eigenvalue weighted by Crippen LogP contribution is -2.17. The highest BCUT2D eigenvalue weighted by Gasteiger charge is 2.05. The van der Waals surface area contributed by atoms with E-state index >= 15 is 0 Å². The zero-order chi connectivity index (χ0) is 16.7. The molecule has 0 aliphatic heterocycles. The first-order valence-corrected chi connectivity index (χ1v) is 7.37. The molecule has 0 unspecified atom stereocenters. The number of carbonyl (C=O) groups is 1. The van der Waals surface area contributed by atoms with E-state index in [-0.39, 0.29) is 12.5 Å². The van der Waals surface area contributed by atoms with Crippen molar-refractivity contribution in [2.24, 2.45) is 0 Å². The number of aliphatic hydroxyl groups is 2. The fraction of sp³-hybridized carbons (Fsp3) is 0.211. The maximum atomic E-state index is 11.5. The number of hydrogen-bond acceptors (Lipinski definition) is 3. The summed E-state index contributed by atoms with van der Waals surface area (Å²) in [7, 11) is 1.59. The molecule has 0 aromatic heterocycles. The van der Waals surface area contributed by atoms with Crippen LogP contribution in [0, 0.1) is 11.8 Å². The molecule has 0 saturated carbocycles. The fourth-order valence-corrected chi connectivity index (χ4v) is 2.07. The van der Waals surface area contributed by atoms with E-state index in [1.54, 1.807) is 43.4 Å². The van der Waals surface area contributed by atoms with Crippen LogP contribution in [-0.2, 0) is 0 Å². The molecule has 0 bridgehead atoms. The van der Waals surface area contributed by atoms with E-state index in [9.17, 15) is 9.90 Å². The second-order valence-corrected chi connectivity index (χ2v) is 5.06. The van der Waals surface area contributed by atoms with Crippen molar-refractivity contribution >= 4 is 5.91 Å². The second-order valence-electron chi connectivity index (χ2n) is 5.06. The van der Waals surface area contributed by atoms with Gasteiger partial charge in [-0.25, -0.2) is 0 Å². The van der Waals surface area contributed by atoms with Crippen molar-refractivity contribution in [2.45, 2.75) is 12.5 Å². The zero-order valence-corrected chi connectivity index (χ0v) is 12.9. The van der Waals surface area contributed by atoms with Crippen LogP contribution in [0.2, 0.25) is 0 Å². The number of hydrogen-bond donors (Lipinski definition) is 3. The Morgan fingerprint density at radius 1 is 1.04 bits per heavy atom. The molecular weight excluding hydrogens is 290 g/mol. The molecule has 2 rings (SSSR count). The summed E-state index contributed by atoms with van der Waals surface area (Å²) in [5.74, 6) is 5.95. The average molecular weight is 309 g/mol. The molecule has 3 N–H and O–H groups in total. The van der Waals surface area contributed by atoms with Crippen LogP contribution in [0.25, 0.3) is 0 Å². The number of amides is 1. The lowest BCUT2D eigenvalue weighted by Gasteiger charge is -2.08. The molecule has 118 valence electrons. The topological polar surface area (TPSA) is 69.6 Å². The van der Waals surface area contributed by atoms with Crippen molar-refractivity contribution in [3.05, 3.63) is 70.8 Å². The van der Waals surface area contributed by atoms with Crippen molar-refractivity contribution in [3.63, 3.8) is 0 Å². The van der Waals surface area contributed by atoms with Gasteiger partial charge in [0.1, 0.15) is 0 Å². The van der Waals surface area contributed by atoms with Crippen molar-refractivity contribution in [2.75, 3.05) is 13.7 Å². The van der Waals surface area contributed by atoms with Crippen LogP contribution in [0.3, 0.4) is 0 Å². The molecule has 0 fully saturated rings. The summed E-state index contributed by atoms with van der Waals surface area (Å²) >= 11 is 0. The number of benzene rings is 2. The Morgan fingerprint density at radius 2 is 1.57 bits per heavy atom. The summed E-state index contributed by atoms with van der Waals surface area (Å²) < 4.78 is 0. The van der Waals surface area contributed by atoms with Gasteiger partial charge in [0.05, 0.1) is 6.10 Å². The van der Waals surface area contributed by atoms with Gasteiger partial charge < -0.3 is 15.5 Å². The second kappa shape index (κ2) is 8.14. The lowest BCUT2D eigenvalue weighted by molar-refractivity contribution is 0.0963. The molecule has 0 heterocycles. The molecule has 0 spiro atoms. The predicted molar refractivity (Wildman–Crippen MR) is 88.9 cm³/mol. The molecular formula is C19H19NO3. The summed E-state index contributed by atoms with van der Waals surface area (Å²) in [4.78, 5) is 11.5. The third kappa shape index (κ3) is 4.68. The summed E-state index contributed by atoms with van der Waals surface area (Å²) in [5.41, 5.74) is 3.02. The molecule has 0 aliphatic rings. The van der Waals surface area contributed by atoms with E-state index in [0.717, 1.165) is 16.7 Å². The van der Waals surface area contributed by atoms with Crippen LogP contribution >= 0.6 is 0 Å². The van der Waals surface area contributed by atoms with E-state index in [4.69, 9.17) is 5.11 Å². The summed E-state index contributed by atoms with van der Waals surface area (Å²) in [6.45, 7) is -0.0469. The third-order valence-electron chi connectivity index (χ3n) is 3.42. The van der Waals surface area contributed by atoms with Gasteiger partial charge in [0.25, 0.3) is 5.91 Å². The first-order chi connectivity index (χ1) is 11.1. The first kappa shape index (κ1) is 16.8. The SMILES string of the molecule is CNC(=O)c1ccc(C#Cc2ccc([C@H](O)CCO)cc2)cc1. The minimum absolute atomic E-state index is 0.0469. The average Bonchev–Trinajstić information content (AvgIpc) is 2.60. The van der Waals surface area contributed by atoms with Crippen molar-refractivity contribution < 1.29 is 15.0 Å². The van der Waals surface area contributed by atoms with Crippen LogP contribution < -0.4 is 5.32 Å².